The number of nitrogens with one attached hydrogen (secondary N) is 3. The van der Waals surface area contributed by atoms with Crippen molar-refractivity contribution >= 4 is 32.8 Å². The molecule has 0 saturated heterocycles. The van der Waals surface area contributed by atoms with Crippen LogP contribution in [0.1, 0.15) is 26.3 Å². The van der Waals surface area contributed by atoms with Crippen LogP contribution in [-0.4, -0.2) is 36.6 Å². The first-order chi connectivity index (χ1) is 14.3. The molecule has 0 aliphatic heterocycles. The van der Waals surface area contributed by atoms with Crippen molar-refractivity contribution < 1.29 is 13.2 Å². The van der Waals surface area contributed by atoms with Gasteiger partial charge in [-0.25, -0.2) is 22.9 Å². The molecule has 0 aliphatic carbocycles. The average molecular weight is 430 g/mol. The van der Waals surface area contributed by atoms with Crippen molar-refractivity contribution in [3.05, 3.63) is 54.4 Å². The van der Waals surface area contributed by atoms with E-state index in [1.165, 1.54) is 0 Å². The van der Waals surface area contributed by atoms with Gasteiger partial charge in [-0.3, -0.25) is 0 Å². The number of anilines is 1. The Morgan fingerprint density at radius 1 is 1.17 bits per heavy atom. The SMILES string of the molecule is CCc1cccc(NC(=O)NCCn2cnc3cc(S(=O)(=O)NC(C)C)ccc32)c1. The van der Waals surface area contributed by atoms with Gasteiger partial charge in [-0.05, 0) is 56.2 Å². The Hall–Kier alpha value is -2.91. The van der Waals surface area contributed by atoms with Crippen LogP contribution in [0.25, 0.3) is 11.0 Å². The number of carbonyl (C=O) groups excluding carboxylic acids is 1. The van der Waals surface area contributed by atoms with E-state index in [9.17, 15) is 13.2 Å². The Bertz CT molecular complexity index is 1140. The second kappa shape index (κ2) is 9.27. The van der Waals surface area contributed by atoms with E-state index in [4.69, 9.17) is 0 Å². The Morgan fingerprint density at radius 2 is 1.97 bits per heavy atom. The van der Waals surface area contributed by atoms with E-state index in [0.29, 0.717) is 18.6 Å². The molecular weight excluding hydrogens is 402 g/mol. The highest BCUT2D eigenvalue weighted by Crippen LogP contribution is 2.18. The molecule has 0 radical (unpaired) electrons. The average Bonchev–Trinajstić information content (AvgIpc) is 3.09. The molecule has 2 aromatic carbocycles. The predicted molar refractivity (Wildman–Crippen MR) is 118 cm³/mol. The van der Waals surface area contributed by atoms with Crippen molar-refractivity contribution in [1.29, 1.82) is 0 Å². The summed E-state index contributed by atoms with van der Waals surface area (Å²) in [6, 6.07) is 12.1. The van der Waals surface area contributed by atoms with E-state index >= 15 is 0 Å². The molecule has 3 rings (SSSR count). The van der Waals surface area contributed by atoms with E-state index in [1.807, 2.05) is 28.8 Å². The number of urea groups is 1. The maximum absolute atomic E-state index is 12.3. The number of hydrogen-bond acceptors (Lipinski definition) is 4. The predicted octanol–water partition coefficient (Wildman–Crippen LogP) is 3.11. The lowest BCUT2D eigenvalue weighted by Gasteiger charge is -2.10. The largest absolute Gasteiger partial charge is 0.336 e. The lowest BCUT2D eigenvalue weighted by atomic mass is 10.1. The number of benzene rings is 2. The summed E-state index contributed by atoms with van der Waals surface area (Å²) < 4.78 is 29.1. The van der Waals surface area contributed by atoms with Crippen LogP contribution in [0, 0.1) is 0 Å². The Morgan fingerprint density at radius 3 is 2.70 bits per heavy atom. The quantitative estimate of drug-likeness (QED) is 0.512. The van der Waals surface area contributed by atoms with Crippen LogP contribution >= 0.6 is 0 Å². The summed E-state index contributed by atoms with van der Waals surface area (Å²) in [7, 11) is -3.57. The number of rotatable bonds is 8. The van der Waals surface area contributed by atoms with Gasteiger partial charge in [-0.1, -0.05) is 19.1 Å². The van der Waals surface area contributed by atoms with Gasteiger partial charge in [0.15, 0.2) is 0 Å². The zero-order chi connectivity index (χ0) is 21.7. The fourth-order valence-electron chi connectivity index (χ4n) is 3.10. The molecule has 0 aliphatic rings. The van der Waals surface area contributed by atoms with Gasteiger partial charge in [0, 0.05) is 24.8 Å². The second-order valence-electron chi connectivity index (χ2n) is 7.30. The Kier molecular flexibility index (Phi) is 6.73. The number of hydrogen-bond donors (Lipinski definition) is 3. The maximum atomic E-state index is 12.3. The summed E-state index contributed by atoms with van der Waals surface area (Å²) in [5, 5.41) is 5.65. The van der Waals surface area contributed by atoms with Gasteiger partial charge in [0.25, 0.3) is 0 Å². The summed E-state index contributed by atoms with van der Waals surface area (Å²) in [5.41, 5.74) is 3.30. The molecule has 160 valence electrons. The third-order valence-electron chi connectivity index (χ3n) is 4.53. The van der Waals surface area contributed by atoms with E-state index in [1.54, 1.807) is 38.4 Å². The lowest BCUT2D eigenvalue weighted by molar-refractivity contribution is 0.251. The van der Waals surface area contributed by atoms with Gasteiger partial charge in [0.2, 0.25) is 10.0 Å². The molecule has 3 N–H and O–H groups in total. The summed E-state index contributed by atoms with van der Waals surface area (Å²) >= 11 is 0. The van der Waals surface area contributed by atoms with Crippen LogP contribution < -0.4 is 15.4 Å². The molecule has 3 aromatic rings. The zero-order valence-corrected chi connectivity index (χ0v) is 18.2. The highest BCUT2D eigenvalue weighted by Gasteiger charge is 2.16. The molecule has 8 nitrogen and oxygen atoms in total. The van der Waals surface area contributed by atoms with Crippen molar-refractivity contribution in [1.82, 2.24) is 19.6 Å². The molecule has 1 heterocycles. The van der Waals surface area contributed by atoms with Crippen LogP contribution in [0.5, 0.6) is 0 Å². The second-order valence-corrected chi connectivity index (χ2v) is 9.01. The lowest BCUT2D eigenvalue weighted by Crippen LogP contribution is -2.31. The van der Waals surface area contributed by atoms with Gasteiger partial charge in [0.05, 0.1) is 22.3 Å². The number of sulfonamides is 1. The minimum atomic E-state index is -3.57. The number of fused-ring (bicyclic) bond motifs is 1. The van der Waals surface area contributed by atoms with Gasteiger partial charge in [-0.2, -0.15) is 0 Å². The minimum absolute atomic E-state index is 0.181. The van der Waals surface area contributed by atoms with Crippen LogP contribution in [0.3, 0.4) is 0 Å². The fourth-order valence-corrected chi connectivity index (χ4v) is 4.37. The molecular formula is C21H27N5O3S. The molecule has 0 bridgehead atoms. The van der Waals surface area contributed by atoms with Crippen molar-refractivity contribution in [2.45, 2.75) is 44.7 Å². The van der Waals surface area contributed by atoms with Gasteiger partial charge >= 0.3 is 6.03 Å². The molecule has 0 saturated carbocycles. The molecule has 0 unspecified atom stereocenters. The fraction of sp³-hybridized carbons (Fsp3) is 0.333. The van der Waals surface area contributed by atoms with Crippen LogP contribution in [0.4, 0.5) is 10.5 Å². The van der Waals surface area contributed by atoms with Crippen LogP contribution in [0.15, 0.2) is 53.7 Å². The smallest absolute Gasteiger partial charge is 0.319 e. The summed E-state index contributed by atoms with van der Waals surface area (Å²) in [5.74, 6) is 0. The van der Waals surface area contributed by atoms with E-state index < -0.39 is 10.0 Å². The van der Waals surface area contributed by atoms with Crippen molar-refractivity contribution in [3.8, 4) is 0 Å². The number of amides is 2. The van der Waals surface area contributed by atoms with Crippen LogP contribution in [0.2, 0.25) is 0 Å². The Balaban J connectivity index is 1.60. The van der Waals surface area contributed by atoms with Gasteiger partial charge < -0.3 is 15.2 Å². The first-order valence-corrected chi connectivity index (χ1v) is 11.4. The number of nitrogens with zero attached hydrogens (tertiary/aromatic N) is 2. The molecule has 2 amide bonds. The number of carbonyl (C=O) groups is 1. The van der Waals surface area contributed by atoms with E-state index in [-0.39, 0.29) is 17.0 Å². The van der Waals surface area contributed by atoms with Crippen LogP contribution in [-0.2, 0) is 23.0 Å². The number of aryl methyl sites for hydroxylation is 1. The van der Waals surface area contributed by atoms with E-state index in [0.717, 1.165) is 23.2 Å². The molecule has 0 fully saturated rings. The maximum Gasteiger partial charge on any atom is 0.319 e. The number of aromatic nitrogens is 2. The minimum Gasteiger partial charge on any atom is -0.336 e. The summed E-state index contributed by atoms with van der Waals surface area (Å²) in [4.78, 5) is 16.6. The first kappa shape index (κ1) is 21.8. The van der Waals surface area contributed by atoms with Gasteiger partial charge in [0.1, 0.15) is 0 Å². The molecule has 30 heavy (non-hydrogen) atoms. The normalized spacial score (nSPS) is 11.7. The van der Waals surface area contributed by atoms with Gasteiger partial charge in [-0.15, -0.1) is 0 Å². The molecule has 9 heteroatoms. The molecule has 1 aromatic heterocycles. The highest BCUT2D eigenvalue weighted by atomic mass is 32.2. The molecule has 0 spiro atoms. The summed E-state index contributed by atoms with van der Waals surface area (Å²) in [6.07, 6.45) is 2.54. The zero-order valence-electron chi connectivity index (χ0n) is 17.3. The standard InChI is InChI=1S/C21H27N5O3S/c1-4-16-6-5-7-17(12-16)24-21(27)22-10-11-26-14-23-19-13-18(8-9-20(19)26)30(28,29)25-15(2)3/h5-9,12-15,25H,4,10-11H2,1-3H3,(H2,22,24,27). The first-order valence-electron chi connectivity index (χ1n) is 9.89. The number of imidazole rings is 1. The third-order valence-corrected chi connectivity index (χ3v) is 6.18. The third kappa shape index (κ3) is 5.37. The summed E-state index contributed by atoms with van der Waals surface area (Å²) in [6.45, 7) is 6.52. The van der Waals surface area contributed by atoms with Crippen molar-refractivity contribution in [2.75, 3.05) is 11.9 Å². The Labute approximate surface area is 176 Å². The van der Waals surface area contributed by atoms with Crippen molar-refractivity contribution in [2.24, 2.45) is 0 Å². The molecule has 0 atom stereocenters. The monoisotopic (exact) mass is 429 g/mol. The van der Waals surface area contributed by atoms with Crippen molar-refractivity contribution in [3.63, 3.8) is 0 Å². The highest BCUT2D eigenvalue weighted by molar-refractivity contribution is 7.89. The topological polar surface area (TPSA) is 105 Å². The van der Waals surface area contributed by atoms with E-state index in [2.05, 4.69) is 27.3 Å².